The monoisotopic (exact) mass is 479 g/mol. The highest BCUT2D eigenvalue weighted by Crippen LogP contribution is 2.42. The molecular weight excluding hydrogens is 450 g/mol. The van der Waals surface area contributed by atoms with Crippen LogP contribution in [0.3, 0.4) is 0 Å². The molecule has 178 valence electrons. The molecule has 8 heteroatoms. The molecule has 0 fully saturated rings. The Morgan fingerprint density at radius 3 is 2.47 bits per heavy atom. The van der Waals surface area contributed by atoms with E-state index in [1.807, 2.05) is 6.07 Å². The second-order valence-electron chi connectivity index (χ2n) is 8.57. The minimum Gasteiger partial charge on any atom is -0.505 e. The Morgan fingerprint density at radius 2 is 1.85 bits per heavy atom. The summed E-state index contributed by atoms with van der Waals surface area (Å²) in [6, 6.07) is 15.9. The van der Waals surface area contributed by atoms with Crippen molar-refractivity contribution in [1.29, 1.82) is 5.41 Å². The second kappa shape index (κ2) is 10.9. The smallest absolute Gasteiger partial charge is 0.224 e. The lowest BCUT2D eigenvalue weighted by Crippen LogP contribution is -2.25. The number of aromatic hydroxyl groups is 1. The van der Waals surface area contributed by atoms with Gasteiger partial charge in [0, 0.05) is 35.5 Å². The largest absolute Gasteiger partial charge is 0.505 e. The fraction of sp³-hybridized carbons (Fsp3) is 0.231. The molecule has 34 heavy (non-hydrogen) atoms. The number of amides is 1. The minimum absolute atomic E-state index is 0.0107. The van der Waals surface area contributed by atoms with Gasteiger partial charge in [-0.25, -0.2) is 0 Å². The highest BCUT2D eigenvalue weighted by Gasteiger charge is 2.21. The van der Waals surface area contributed by atoms with E-state index in [2.05, 4.69) is 24.5 Å². The van der Waals surface area contributed by atoms with Gasteiger partial charge in [-0.05, 0) is 35.2 Å². The summed E-state index contributed by atoms with van der Waals surface area (Å²) in [4.78, 5) is 12.9. The molecule has 0 atom stereocenters. The number of benzene rings is 3. The third kappa shape index (κ3) is 6.20. The lowest BCUT2D eigenvalue weighted by Gasteiger charge is -2.19. The van der Waals surface area contributed by atoms with E-state index >= 15 is 0 Å². The number of nitrogens with two attached hydrogens (primary N) is 2. The number of halogens is 1. The Labute approximate surface area is 204 Å². The van der Waals surface area contributed by atoms with Gasteiger partial charge in [-0.15, -0.1) is 0 Å². The standard InChI is InChI=1S/C26H30ClN5O2/c1-15(2)13-31-22-12-21(27)24(18-4-3-5-19(28)10-18)20(25(22)34)11-23(33)32-14-16-6-8-17(9-7-16)26(29)30/h3-10,12,15,31,34H,11,13-14,28H2,1-2H3,(H3,29,30)(H,32,33). The molecule has 0 saturated carbocycles. The van der Waals surface area contributed by atoms with Crippen molar-refractivity contribution in [1.82, 2.24) is 5.32 Å². The van der Waals surface area contributed by atoms with Gasteiger partial charge in [0.25, 0.3) is 0 Å². The fourth-order valence-electron chi connectivity index (χ4n) is 3.55. The van der Waals surface area contributed by atoms with Crippen LogP contribution in [0.5, 0.6) is 5.75 Å². The van der Waals surface area contributed by atoms with Crippen molar-refractivity contribution < 1.29 is 9.90 Å². The van der Waals surface area contributed by atoms with Crippen molar-refractivity contribution >= 4 is 34.7 Å². The molecule has 0 saturated heterocycles. The summed E-state index contributed by atoms with van der Waals surface area (Å²) in [7, 11) is 0. The number of nitrogen functional groups attached to an aromatic ring is 2. The SMILES string of the molecule is CC(C)CNc1cc(Cl)c(-c2cccc(N)c2)c(CC(=O)NCc2ccc(C(=N)N)cc2)c1O. The van der Waals surface area contributed by atoms with Crippen LogP contribution in [0.25, 0.3) is 11.1 Å². The number of carbonyl (C=O) groups is 1. The van der Waals surface area contributed by atoms with E-state index in [-0.39, 0.29) is 23.9 Å². The number of hydrogen-bond donors (Lipinski definition) is 6. The van der Waals surface area contributed by atoms with Crippen LogP contribution in [0.4, 0.5) is 11.4 Å². The van der Waals surface area contributed by atoms with Gasteiger partial charge in [0.05, 0.1) is 17.1 Å². The summed E-state index contributed by atoms with van der Waals surface area (Å²) >= 11 is 6.65. The molecule has 0 aromatic heterocycles. The second-order valence-corrected chi connectivity index (χ2v) is 8.98. The van der Waals surface area contributed by atoms with E-state index in [1.54, 1.807) is 48.5 Å². The van der Waals surface area contributed by atoms with E-state index in [1.165, 1.54) is 0 Å². The van der Waals surface area contributed by atoms with Crippen LogP contribution in [0.15, 0.2) is 54.6 Å². The van der Waals surface area contributed by atoms with Gasteiger partial charge >= 0.3 is 0 Å². The third-order valence-electron chi connectivity index (χ3n) is 5.32. The zero-order valence-corrected chi connectivity index (χ0v) is 20.0. The molecule has 8 N–H and O–H groups in total. The van der Waals surface area contributed by atoms with Gasteiger partial charge in [-0.1, -0.05) is 61.8 Å². The first-order valence-corrected chi connectivity index (χ1v) is 11.4. The molecule has 0 spiro atoms. The van der Waals surface area contributed by atoms with E-state index in [4.69, 9.17) is 28.5 Å². The van der Waals surface area contributed by atoms with Crippen LogP contribution in [-0.2, 0) is 17.8 Å². The summed E-state index contributed by atoms with van der Waals surface area (Å²) in [5.74, 6) is 0.0625. The van der Waals surface area contributed by atoms with Crippen molar-refractivity contribution in [3.05, 3.63) is 76.3 Å². The summed E-state index contributed by atoms with van der Waals surface area (Å²) < 4.78 is 0. The van der Waals surface area contributed by atoms with Crippen LogP contribution < -0.4 is 22.1 Å². The number of rotatable bonds is 9. The minimum atomic E-state index is -0.270. The van der Waals surface area contributed by atoms with Crippen LogP contribution >= 0.6 is 11.6 Å². The zero-order chi connectivity index (χ0) is 24.8. The fourth-order valence-corrected chi connectivity index (χ4v) is 3.88. The number of phenols is 1. The van der Waals surface area contributed by atoms with Crippen molar-refractivity contribution in [2.75, 3.05) is 17.6 Å². The molecule has 0 bridgehead atoms. The maximum Gasteiger partial charge on any atom is 0.224 e. The Balaban J connectivity index is 1.89. The number of hydrogen-bond acceptors (Lipinski definition) is 5. The third-order valence-corrected chi connectivity index (χ3v) is 5.62. The number of nitrogens with one attached hydrogen (secondary N) is 3. The lowest BCUT2D eigenvalue weighted by molar-refractivity contribution is -0.120. The molecule has 3 aromatic carbocycles. The first-order valence-electron chi connectivity index (χ1n) is 11.0. The molecule has 3 aromatic rings. The van der Waals surface area contributed by atoms with Crippen LogP contribution in [0.2, 0.25) is 5.02 Å². The highest BCUT2D eigenvalue weighted by atomic mass is 35.5. The van der Waals surface area contributed by atoms with E-state index in [9.17, 15) is 9.90 Å². The van der Waals surface area contributed by atoms with Crippen LogP contribution in [-0.4, -0.2) is 23.4 Å². The summed E-state index contributed by atoms with van der Waals surface area (Å²) in [6.07, 6.45) is -0.0710. The van der Waals surface area contributed by atoms with Crippen molar-refractivity contribution in [3.8, 4) is 16.9 Å². The number of anilines is 2. The Hall–Kier alpha value is -3.71. The maximum atomic E-state index is 12.9. The van der Waals surface area contributed by atoms with Gasteiger partial charge in [-0.3, -0.25) is 10.2 Å². The van der Waals surface area contributed by atoms with E-state index < -0.39 is 0 Å². The Morgan fingerprint density at radius 1 is 1.15 bits per heavy atom. The Kier molecular flexibility index (Phi) is 8.02. The zero-order valence-electron chi connectivity index (χ0n) is 19.3. The molecular formula is C26H30ClN5O2. The quantitative estimate of drug-likeness (QED) is 0.116. The van der Waals surface area contributed by atoms with Crippen molar-refractivity contribution in [2.24, 2.45) is 11.7 Å². The van der Waals surface area contributed by atoms with Crippen LogP contribution in [0.1, 0.15) is 30.5 Å². The summed E-state index contributed by atoms with van der Waals surface area (Å²) in [5, 5.41) is 25.1. The van der Waals surface area contributed by atoms with Gasteiger partial charge in [0.15, 0.2) is 0 Å². The van der Waals surface area contributed by atoms with Gasteiger partial charge in [0.1, 0.15) is 11.6 Å². The molecule has 0 aliphatic carbocycles. The van der Waals surface area contributed by atoms with Crippen molar-refractivity contribution in [3.63, 3.8) is 0 Å². The normalized spacial score (nSPS) is 10.8. The topological polar surface area (TPSA) is 137 Å². The molecule has 0 aliphatic rings. The molecule has 7 nitrogen and oxygen atoms in total. The van der Waals surface area contributed by atoms with Crippen LogP contribution in [0, 0.1) is 11.3 Å². The van der Waals surface area contributed by atoms with Gasteiger partial charge in [-0.2, -0.15) is 0 Å². The molecule has 3 rings (SSSR count). The average Bonchev–Trinajstić information content (AvgIpc) is 2.79. The highest BCUT2D eigenvalue weighted by molar-refractivity contribution is 6.34. The van der Waals surface area contributed by atoms with Gasteiger partial charge < -0.3 is 27.2 Å². The lowest BCUT2D eigenvalue weighted by atomic mass is 9.95. The number of phenolic OH excluding ortho intramolecular Hbond substituents is 1. The molecule has 0 aliphatic heterocycles. The molecule has 0 radical (unpaired) electrons. The summed E-state index contributed by atoms with van der Waals surface area (Å²) in [6.45, 7) is 5.06. The first kappa shape index (κ1) is 24.9. The molecule has 0 unspecified atom stereocenters. The summed E-state index contributed by atoms with van der Waals surface area (Å²) in [5.41, 5.74) is 15.7. The Bertz CT molecular complexity index is 1190. The predicted octanol–water partition coefficient (Wildman–Crippen LogP) is 4.51. The first-order chi connectivity index (χ1) is 16.2. The van der Waals surface area contributed by atoms with Gasteiger partial charge in [0.2, 0.25) is 5.91 Å². The van der Waals surface area contributed by atoms with E-state index in [0.717, 1.165) is 11.1 Å². The van der Waals surface area contributed by atoms with E-state index in [0.29, 0.717) is 52.1 Å². The number of amidine groups is 1. The molecule has 0 heterocycles. The maximum absolute atomic E-state index is 12.9. The average molecular weight is 480 g/mol. The number of carbonyl (C=O) groups excluding carboxylic acids is 1. The molecule has 1 amide bonds. The predicted molar refractivity (Wildman–Crippen MR) is 139 cm³/mol. The van der Waals surface area contributed by atoms with Crippen molar-refractivity contribution in [2.45, 2.75) is 26.8 Å².